The summed E-state index contributed by atoms with van der Waals surface area (Å²) in [5.41, 5.74) is 3.35. The Balaban J connectivity index is 2.25. The maximum Gasteiger partial charge on any atom is 0.121 e. The highest BCUT2D eigenvalue weighted by Gasteiger charge is 2.03. The Hall–Kier alpha value is -1.23. The van der Waals surface area contributed by atoms with Crippen molar-refractivity contribution in [2.75, 3.05) is 0 Å². The second kappa shape index (κ2) is 4.53. The summed E-state index contributed by atoms with van der Waals surface area (Å²) in [6.07, 6.45) is 0. The van der Waals surface area contributed by atoms with Crippen molar-refractivity contribution < 1.29 is 4.84 Å². The predicted molar refractivity (Wildman–Crippen MR) is 61.3 cm³/mol. The van der Waals surface area contributed by atoms with Crippen LogP contribution in [0.5, 0.6) is 0 Å². The van der Waals surface area contributed by atoms with E-state index in [1.54, 1.807) is 11.3 Å². The largest absolute Gasteiger partial charge is 0.297 e. The minimum absolute atomic E-state index is 0.372. The lowest BCUT2D eigenvalue weighted by Gasteiger charge is -1.97. The van der Waals surface area contributed by atoms with Gasteiger partial charge in [-0.15, -0.1) is 11.3 Å². The molecule has 0 aliphatic rings. The molecule has 0 amide bonds. The molecular formula is C11H12N2OS. The van der Waals surface area contributed by atoms with Gasteiger partial charge in [-0.05, 0) is 6.92 Å². The Kier molecular flexibility index (Phi) is 3.11. The van der Waals surface area contributed by atoms with Crippen LogP contribution in [0.1, 0.15) is 10.6 Å². The Morgan fingerprint density at radius 3 is 2.73 bits per heavy atom. The molecule has 0 bridgehead atoms. The molecule has 0 atom stereocenters. The SMILES string of the molecule is Cc1ccc(-c2csc(CON)n2)cc1. The van der Waals surface area contributed by atoms with E-state index in [0.717, 1.165) is 16.3 Å². The van der Waals surface area contributed by atoms with E-state index in [-0.39, 0.29) is 0 Å². The molecule has 1 aromatic heterocycles. The summed E-state index contributed by atoms with van der Waals surface area (Å²) in [5, 5.41) is 2.91. The van der Waals surface area contributed by atoms with Gasteiger partial charge in [0.15, 0.2) is 0 Å². The number of thiazole rings is 1. The van der Waals surface area contributed by atoms with Crippen LogP contribution in [0.15, 0.2) is 29.6 Å². The highest BCUT2D eigenvalue weighted by Crippen LogP contribution is 2.22. The molecule has 0 radical (unpaired) electrons. The molecule has 0 aliphatic heterocycles. The van der Waals surface area contributed by atoms with Gasteiger partial charge in [0.2, 0.25) is 0 Å². The van der Waals surface area contributed by atoms with E-state index < -0.39 is 0 Å². The van der Waals surface area contributed by atoms with Crippen molar-refractivity contribution in [3.63, 3.8) is 0 Å². The molecule has 2 aromatic rings. The minimum Gasteiger partial charge on any atom is -0.297 e. The number of hydrogen-bond donors (Lipinski definition) is 1. The molecule has 2 rings (SSSR count). The third kappa shape index (κ3) is 2.41. The number of nitrogens with two attached hydrogens (primary N) is 1. The fourth-order valence-electron chi connectivity index (χ4n) is 1.31. The average Bonchev–Trinajstić information content (AvgIpc) is 2.68. The molecule has 0 saturated carbocycles. The normalized spacial score (nSPS) is 10.5. The third-order valence-electron chi connectivity index (χ3n) is 2.11. The summed E-state index contributed by atoms with van der Waals surface area (Å²) in [6, 6.07) is 8.29. The van der Waals surface area contributed by atoms with Crippen molar-refractivity contribution in [3.05, 3.63) is 40.2 Å². The van der Waals surface area contributed by atoms with Crippen LogP contribution in [0.25, 0.3) is 11.3 Å². The molecule has 0 fully saturated rings. The maximum atomic E-state index is 5.00. The molecular weight excluding hydrogens is 208 g/mol. The van der Waals surface area contributed by atoms with Crippen LogP contribution in [0, 0.1) is 6.92 Å². The van der Waals surface area contributed by atoms with Crippen molar-refractivity contribution in [2.24, 2.45) is 5.90 Å². The summed E-state index contributed by atoms with van der Waals surface area (Å²) in [7, 11) is 0. The second-order valence-corrected chi connectivity index (χ2v) is 4.25. The first-order valence-electron chi connectivity index (χ1n) is 4.63. The molecule has 4 heteroatoms. The van der Waals surface area contributed by atoms with Crippen LogP contribution in [0.4, 0.5) is 0 Å². The van der Waals surface area contributed by atoms with Gasteiger partial charge in [-0.3, -0.25) is 4.84 Å². The number of aromatic nitrogens is 1. The second-order valence-electron chi connectivity index (χ2n) is 3.30. The Morgan fingerprint density at radius 1 is 1.33 bits per heavy atom. The van der Waals surface area contributed by atoms with Crippen molar-refractivity contribution in [1.29, 1.82) is 0 Å². The fraction of sp³-hybridized carbons (Fsp3) is 0.182. The van der Waals surface area contributed by atoms with Gasteiger partial charge in [-0.2, -0.15) is 0 Å². The van der Waals surface area contributed by atoms with Gasteiger partial charge >= 0.3 is 0 Å². The Morgan fingerprint density at radius 2 is 2.07 bits per heavy atom. The summed E-state index contributed by atoms with van der Waals surface area (Å²) < 4.78 is 0. The van der Waals surface area contributed by atoms with Crippen LogP contribution < -0.4 is 5.90 Å². The molecule has 1 aromatic carbocycles. The number of aryl methyl sites for hydroxylation is 1. The summed E-state index contributed by atoms with van der Waals surface area (Å²) in [6.45, 7) is 2.44. The van der Waals surface area contributed by atoms with Crippen molar-refractivity contribution in [3.8, 4) is 11.3 Å². The van der Waals surface area contributed by atoms with E-state index in [0.29, 0.717) is 6.61 Å². The Bertz CT molecular complexity index is 436. The Labute approximate surface area is 92.5 Å². The lowest BCUT2D eigenvalue weighted by Crippen LogP contribution is -1.97. The molecule has 3 nitrogen and oxygen atoms in total. The number of rotatable bonds is 3. The maximum absolute atomic E-state index is 5.00. The van der Waals surface area contributed by atoms with Gasteiger partial charge in [-0.25, -0.2) is 10.9 Å². The molecule has 0 saturated heterocycles. The van der Waals surface area contributed by atoms with Gasteiger partial charge in [0.25, 0.3) is 0 Å². The molecule has 0 unspecified atom stereocenters. The lowest BCUT2D eigenvalue weighted by molar-refractivity contribution is 0.124. The first-order valence-corrected chi connectivity index (χ1v) is 5.50. The highest BCUT2D eigenvalue weighted by atomic mass is 32.1. The first kappa shape index (κ1) is 10.3. The minimum atomic E-state index is 0.372. The van der Waals surface area contributed by atoms with E-state index in [2.05, 4.69) is 41.0 Å². The quantitative estimate of drug-likeness (QED) is 0.808. The van der Waals surface area contributed by atoms with Crippen LogP contribution >= 0.6 is 11.3 Å². The van der Waals surface area contributed by atoms with Crippen LogP contribution in [0.2, 0.25) is 0 Å². The molecule has 1 heterocycles. The monoisotopic (exact) mass is 220 g/mol. The summed E-state index contributed by atoms with van der Waals surface area (Å²) >= 11 is 1.56. The molecule has 15 heavy (non-hydrogen) atoms. The summed E-state index contributed by atoms with van der Waals surface area (Å²) in [4.78, 5) is 8.96. The van der Waals surface area contributed by atoms with Gasteiger partial charge in [0.05, 0.1) is 5.69 Å². The van der Waals surface area contributed by atoms with Crippen molar-refractivity contribution >= 4 is 11.3 Å². The van der Waals surface area contributed by atoms with E-state index in [4.69, 9.17) is 5.90 Å². The molecule has 0 aliphatic carbocycles. The van der Waals surface area contributed by atoms with Gasteiger partial charge in [0.1, 0.15) is 11.6 Å². The van der Waals surface area contributed by atoms with Gasteiger partial charge < -0.3 is 0 Å². The highest BCUT2D eigenvalue weighted by molar-refractivity contribution is 7.09. The molecule has 2 N–H and O–H groups in total. The standard InChI is InChI=1S/C11H12N2OS/c1-8-2-4-9(5-3-8)10-7-15-11(13-10)6-14-12/h2-5,7H,6,12H2,1H3. The van der Waals surface area contributed by atoms with E-state index in [9.17, 15) is 0 Å². The van der Waals surface area contributed by atoms with Gasteiger partial charge in [-0.1, -0.05) is 29.8 Å². The fourth-order valence-corrected chi connectivity index (χ4v) is 2.03. The number of nitrogens with zero attached hydrogens (tertiary/aromatic N) is 1. The topological polar surface area (TPSA) is 48.1 Å². The van der Waals surface area contributed by atoms with Crippen LogP contribution in [-0.2, 0) is 11.4 Å². The predicted octanol–water partition coefficient (Wildman–Crippen LogP) is 2.51. The van der Waals surface area contributed by atoms with Crippen LogP contribution in [-0.4, -0.2) is 4.98 Å². The number of hydrogen-bond acceptors (Lipinski definition) is 4. The summed E-state index contributed by atoms with van der Waals surface area (Å²) in [5.74, 6) is 5.00. The zero-order valence-corrected chi connectivity index (χ0v) is 9.25. The third-order valence-corrected chi connectivity index (χ3v) is 2.93. The van der Waals surface area contributed by atoms with Crippen molar-refractivity contribution in [2.45, 2.75) is 13.5 Å². The van der Waals surface area contributed by atoms with E-state index in [1.165, 1.54) is 5.56 Å². The molecule has 78 valence electrons. The smallest absolute Gasteiger partial charge is 0.121 e. The van der Waals surface area contributed by atoms with E-state index >= 15 is 0 Å². The average molecular weight is 220 g/mol. The lowest BCUT2D eigenvalue weighted by atomic mass is 10.1. The van der Waals surface area contributed by atoms with Gasteiger partial charge in [0, 0.05) is 10.9 Å². The first-order chi connectivity index (χ1) is 7.29. The zero-order chi connectivity index (χ0) is 10.7. The molecule has 0 spiro atoms. The van der Waals surface area contributed by atoms with E-state index in [1.807, 2.05) is 5.38 Å². The van der Waals surface area contributed by atoms with Crippen molar-refractivity contribution in [1.82, 2.24) is 4.98 Å². The van der Waals surface area contributed by atoms with Crippen LogP contribution in [0.3, 0.4) is 0 Å². The number of benzene rings is 1. The zero-order valence-electron chi connectivity index (χ0n) is 8.43.